The minimum atomic E-state index is -3.33. The Balaban J connectivity index is 1.69. The van der Waals surface area contributed by atoms with Crippen LogP contribution < -0.4 is 4.31 Å². The molecule has 142 valence electrons. The SMILES string of the molecule is CCS(=O)(=O)N1CCc2cc(C(=O)COC(=O)c3cccc(Cl)c3)ccc21. The Morgan fingerprint density at radius 3 is 2.63 bits per heavy atom. The number of carbonyl (C=O) groups excluding carboxylic acids is 2. The maximum atomic E-state index is 12.3. The van der Waals surface area contributed by atoms with E-state index >= 15 is 0 Å². The number of carbonyl (C=O) groups is 2. The lowest BCUT2D eigenvalue weighted by Crippen LogP contribution is -2.30. The maximum Gasteiger partial charge on any atom is 0.338 e. The number of Topliss-reactive ketones (excluding diaryl/α,β-unsaturated/α-hetero) is 1. The minimum Gasteiger partial charge on any atom is -0.454 e. The number of anilines is 1. The number of ketones is 1. The van der Waals surface area contributed by atoms with Crippen molar-refractivity contribution >= 4 is 39.1 Å². The molecule has 2 aromatic carbocycles. The number of benzene rings is 2. The van der Waals surface area contributed by atoms with E-state index in [4.69, 9.17) is 16.3 Å². The van der Waals surface area contributed by atoms with Gasteiger partial charge in [-0.25, -0.2) is 13.2 Å². The van der Waals surface area contributed by atoms with Gasteiger partial charge in [-0.3, -0.25) is 9.10 Å². The first-order chi connectivity index (χ1) is 12.8. The summed E-state index contributed by atoms with van der Waals surface area (Å²) in [4.78, 5) is 24.3. The average molecular weight is 408 g/mol. The van der Waals surface area contributed by atoms with E-state index in [1.54, 1.807) is 43.3 Å². The Morgan fingerprint density at radius 2 is 1.93 bits per heavy atom. The summed E-state index contributed by atoms with van der Waals surface area (Å²) < 4.78 is 30.7. The summed E-state index contributed by atoms with van der Waals surface area (Å²) in [6.07, 6.45) is 0.540. The molecule has 27 heavy (non-hydrogen) atoms. The van der Waals surface area contributed by atoms with Gasteiger partial charge in [0.2, 0.25) is 10.0 Å². The molecule has 0 saturated carbocycles. The number of halogens is 1. The average Bonchev–Trinajstić information content (AvgIpc) is 3.09. The maximum absolute atomic E-state index is 12.3. The first-order valence-electron chi connectivity index (χ1n) is 8.41. The zero-order valence-corrected chi connectivity index (χ0v) is 16.2. The van der Waals surface area contributed by atoms with E-state index < -0.39 is 22.6 Å². The number of esters is 1. The van der Waals surface area contributed by atoms with Gasteiger partial charge in [0.1, 0.15) is 0 Å². The second-order valence-electron chi connectivity index (χ2n) is 6.08. The summed E-state index contributed by atoms with van der Waals surface area (Å²) in [6.45, 7) is 1.56. The fourth-order valence-corrected chi connectivity index (χ4v) is 4.25. The summed E-state index contributed by atoms with van der Waals surface area (Å²) in [5.74, 6) is -0.968. The molecular weight excluding hydrogens is 390 g/mol. The number of rotatable bonds is 6. The minimum absolute atomic E-state index is 0.0204. The van der Waals surface area contributed by atoms with Crippen molar-refractivity contribution in [3.8, 4) is 0 Å². The van der Waals surface area contributed by atoms with Crippen LogP contribution in [0.4, 0.5) is 5.69 Å². The molecule has 0 N–H and O–H groups in total. The van der Waals surface area contributed by atoms with Crippen molar-refractivity contribution in [2.75, 3.05) is 23.2 Å². The monoisotopic (exact) mass is 407 g/mol. The molecule has 1 heterocycles. The Morgan fingerprint density at radius 1 is 1.15 bits per heavy atom. The molecule has 2 aromatic rings. The highest BCUT2D eigenvalue weighted by molar-refractivity contribution is 7.92. The Bertz CT molecular complexity index is 1000. The lowest BCUT2D eigenvalue weighted by atomic mass is 10.1. The number of nitrogens with zero attached hydrogens (tertiary/aromatic N) is 1. The van der Waals surface area contributed by atoms with Gasteiger partial charge in [-0.1, -0.05) is 17.7 Å². The smallest absolute Gasteiger partial charge is 0.338 e. The fraction of sp³-hybridized carbons (Fsp3) is 0.263. The lowest BCUT2D eigenvalue weighted by molar-refractivity contribution is 0.0475. The molecule has 1 aliphatic heterocycles. The quantitative estimate of drug-likeness (QED) is 0.543. The number of sulfonamides is 1. The van der Waals surface area contributed by atoms with Crippen LogP contribution in [0, 0.1) is 0 Å². The van der Waals surface area contributed by atoms with Crippen molar-refractivity contribution in [3.05, 3.63) is 64.2 Å². The molecule has 8 heteroatoms. The van der Waals surface area contributed by atoms with Gasteiger partial charge in [0, 0.05) is 17.1 Å². The molecule has 0 aromatic heterocycles. The van der Waals surface area contributed by atoms with Crippen LogP contribution in [0.25, 0.3) is 0 Å². The van der Waals surface area contributed by atoms with Crippen molar-refractivity contribution in [1.82, 2.24) is 0 Å². The van der Waals surface area contributed by atoms with Gasteiger partial charge in [-0.2, -0.15) is 0 Å². The molecule has 0 fully saturated rings. The highest BCUT2D eigenvalue weighted by Gasteiger charge is 2.28. The van der Waals surface area contributed by atoms with Crippen LogP contribution in [0.2, 0.25) is 5.02 Å². The van der Waals surface area contributed by atoms with Crippen LogP contribution >= 0.6 is 11.6 Å². The van der Waals surface area contributed by atoms with Gasteiger partial charge in [0.05, 0.1) is 17.0 Å². The molecular formula is C19H18ClNO5S. The molecule has 0 radical (unpaired) electrons. The molecule has 0 atom stereocenters. The second-order valence-corrected chi connectivity index (χ2v) is 8.69. The topological polar surface area (TPSA) is 80.8 Å². The molecule has 1 aliphatic rings. The van der Waals surface area contributed by atoms with Gasteiger partial charge in [-0.05, 0) is 55.3 Å². The summed E-state index contributed by atoms with van der Waals surface area (Å²) in [6, 6.07) is 11.1. The Hall–Kier alpha value is -2.38. The molecule has 0 bridgehead atoms. The zero-order chi connectivity index (χ0) is 19.6. The predicted octanol–water partition coefficient (Wildman–Crippen LogP) is 3.09. The zero-order valence-electron chi connectivity index (χ0n) is 14.6. The van der Waals surface area contributed by atoms with Gasteiger partial charge in [-0.15, -0.1) is 0 Å². The van der Waals surface area contributed by atoms with E-state index in [9.17, 15) is 18.0 Å². The van der Waals surface area contributed by atoms with Gasteiger partial charge < -0.3 is 4.74 Å². The third-order valence-electron chi connectivity index (χ3n) is 4.35. The molecule has 6 nitrogen and oxygen atoms in total. The van der Waals surface area contributed by atoms with E-state index in [0.29, 0.717) is 29.2 Å². The highest BCUT2D eigenvalue weighted by Crippen LogP contribution is 2.31. The largest absolute Gasteiger partial charge is 0.454 e. The van der Waals surface area contributed by atoms with Crippen LogP contribution in [0.3, 0.4) is 0 Å². The van der Waals surface area contributed by atoms with Gasteiger partial charge >= 0.3 is 5.97 Å². The summed E-state index contributed by atoms with van der Waals surface area (Å²) in [5, 5.41) is 0.404. The molecule has 0 saturated heterocycles. The summed E-state index contributed by atoms with van der Waals surface area (Å²) in [7, 11) is -3.33. The number of hydrogen-bond acceptors (Lipinski definition) is 5. The van der Waals surface area contributed by atoms with E-state index in [-0.39, 0.29) is 17.1 Å². The van der Waals surface area contributed by atoms with Crippen LogP contribution in [-0.2, 0) is 21.2 Å². The van der Waals surface area contributed by atoms with Crippen molar-refractivity contribution in [2.45, 2.75) is 13.3 Å². The van der Waals surface area contributed by atoms with Crippen LogP contribution in [-0.4, -0.2) is 39.1 Å². The van der Waals surface area contributed by atoms with Crippen LogP contribution in [0.15, 0.2) is 42.5 Å². The first kappa shape index (κ1) is 19.4. The summed E-state index contributed by atoms with van der Waals surface area (Å²) in [5.41, 5.74) is 2.04. The fourth-order valence-electron chi connectivity index (χ4n) is 2.90. The van der Waals surface area contributed by atoms with Crippen molar-refractivity contribution < 1.29 is 22.7 Å². The van der Waals surface area contributed by atoms with Gasteiger partial charge in [0.25, 0.3) is 0 Å². The Labute approximate surface area is 162 Å². The van der Waals surface area contributed by atoms with Crippen molar-refractivity contribution in [2.24, 2.45) is 0 Å². The molecule has 0 spiro atoms. The lowest BCUT2D eigenvalue weighted by Gasteiger charge is -2.18. The van der Waals surface area contributed by atoms with Gasteiger partial charge in [0.15, 0.2) is 12.4 Å². The first-order valence-corrected chi connectivity index (χ1v) is 10.4. The molecule has 3 rings (SSSR count). The predicted molar refractivity (Wildman–Crippen MR) is 103 cm³/mol. The van der Waals surface area contributed by atoms with Crippen LogP contribution in [0.1, 0.15) is 33.2 Å². The van der Waals surface area contributed by atoms with Crippen molar-refractivity contribution in [3.63, 3.8) is 0 Å². The van der Waals surface area contributed by atoms with E-state index in [2.05, 4.69) is 0 Å². The standard InChI is InChI=1S/C19H18ClNO5S/c1-2-27(24,25)21-9-8-13-10-14(6-7-17(13)21)18(22)12-26-19(23)15-4-3-5-16(20)11-15/h3-7,10-11H,2,8-9,12H2,1H3. The number of hydrogen-bond donors (Lipinski definition) is 0. The number of ether oxygens (including phenoxy) is 1. The van der Waals surface area contributed by atoms with E-state index in [0.717, 1.165) is 5.56 Å². The molecule has 0 aliphatic carbocycles. The molecule has 0 amide bonds. The number of fused-ring (bicyclic) bond motifs is 1. The third kappa shape index (κ3) is 4.14. The normalized spacial score (nSPS) is 13.3. The highest BCUT2D eigenvalue weighted by atomic mass is 35.5. The van der Waals surface area contributed by atoms with Crippen molar-refractivity contribution in [1.29, 1.82) is 0 Å². The van der Waals surface area contributed by atoms with Crippen LogP contribution in [0.5, 0.6) is 0 Å². The summed E-state index contributed by atoms with van der Waals surface area (Å²) >= 11 is 5.83. The second kappa shape index (κ2) is 7.70. The third-order valence-corrected chi connectivity index (χ3v) is 6.37. The Kier molecular flexibility index (Phi) is 5.53. The molecule has 0 unspecified atom stereocenters. The van der Waals surface area contributed by atoms with E-state index in [1.807, 2.05) is 0 Å². The van der Waals surface area contributed by atoms with E-state index in [1.165, 1.54) is 10.4 Å².